The highest BCUT2D eigenvalue weighted by molar-refractivity contribution is 5.37. The van der Waals surface area contributed by atoms with Crippen molar-refractivity contribution in [2.75, 3.05) is 46.5 Å². The maximum atomic E-state index is 10.0. The summed E-state index contributed by atoms with van der Waals surface area (Å²) < 4.78 is 11.7. The molecular weight excluding hydrogens is 500 g/mol. The third kappa shape index (κ3) is 7.48. The molecule has 0 aromatic heterocycles. The molecule has 2 unspecified atom stereocenters. The van der Waals surface area contributed by atoms with Crippen LogP contribution in [0.1, 0.15) is 48.8 Å². The van der Waals surface area contributed by atoms with Crippen molar-refractivity contribution in [1.82, 2.24) is 9.80 Å². The molecule has 3 aliphatic rings. The van der Waals surface area contributed by atoms with Crippen molar-refractivity contribution in [2.24, 2.45) is 11.8 Å². The van der Waals surface area contributed by atoms with Crippen molar-refractivity contribution in [3.05, 3.63) is 83.1 Å². The van der Waals surface area contributed by atoms with Crippen molar-refractivity contribution in [3.63, 3.8) is 0 Å². The number of aryl methyl sites for hydroxylation is 1. The van der Waals surface area contributed by atoms with E-state index in [9.17, 15) is 10.2 Å². The molecule has 3 atom stereocenters. The van der Waals surface area contributed by atoms with Crippen LogP contribution in [0, 0.1) is 11.8 Å². The Balaban J connectivity index is 1.24. The maximum Gasteiger partial charge on any atom is 0.119 e. The molecule has 1 heterocycles. The van der Waals surface area contributed by atoms with Gasteiger partial charge < -0.3 is 19.7 Å². The third-order valence-corrected chi connectivity index (χ3v) is 8.94. The van der Waals surface area contributed by atoms with Gasteiger partial charge in [-0.15, -0.1) is 0 Å². The number of phenolic OH excluding ortho intramolecular Hbond substituents is 1. The average Bonchev–Trinajstić information content (AvgIpc) is 3.26. The molecule has 40 heavy (non-hydrogen) atoms. The van der Waals surface area contributed by atoms with Crippen LogP contribution in [0.25, 0.3) is 0 Å². The Labute approximate surface area is 239 Å². The van der Waals surface area contributed by atoms with Gasteiger partial charge >= 0.3 is 0 Å². The highest BCUT2D eigenvalue weighted by atomic mass is 16.5. The Morgan fingerprint density at radius 3 is 2.55 bits per heavy atom. The lowest BCUT2D eigenvalue weighted by Gasteiger charge is -2.41. The highest BCUT2D eigenvalue weighted by Gasteiger charge is 2.35. The lowest BCUT2D eigenvalue weighted by atomic mass is 9.72. The smallest absolute Gasteiger partial charge is 0.119 e. The van der Waals surface area contributed by atoms with Crippen LogP contribution in [-0.2, 0) is 24.1 Å². The SMILES string of the molecule is COC1=CC(N(CCO)Cc2ccc(OCCN3CCCCCC3)cc2)C([C@@H]2CCc3cc(O)ccc3C2)C=C1. The van der Waals surface area contributed by atoms with Crippen molar-refractivity contribution in [2.45, 2.75) is 57.5 Å². The van der Waals surface area contributed by atoms with E-state index >= 15 is 0 Å². The highest BCUT2D eigenvalue weighted by Crippen LogP contribution is 2.38. The average molecular weight is 547 g/mol. The predicted octanol–water partition coefficient (Wildman–Crippen LogP) is 5.33. The molecule has 1 aliphatic heterocycles. The largest absolute Gasteiger partial charge is 0.508 e. The zero-order valence-corrected chi connectivity index (χ0v) is 24.0. The van der Waals surface area contributed by atoms with E-state index in [0.717, 1.165) is 50.5 Å². The second kappa shape index (κ2) is 14.2. The van der Waals surface area contributed by atoms with Crippen LogP contribution in [-0.4, -0.2) is 72.6 Å². The van der Waals surface area contributed by atoms with E-state index in [1.54, 1.807) is 13.2 Å². The third-order valence-electron chi connectivity index (χ3n) is 8.94. The van der Waals surface area contributed by atoms with Gasteiger partial charge in [-0.05, 0) is 110 Å². The number of methoxy groups -OCH3 is 1. The summed E-state index contributed by atoms with van der Waals surface area (Å²) in [6.45, 7) is 5.53. The van der Waals surface area contributed by atoms with Crippen molar-refractivity contribution in [3.8, 4) is 11.5 Å². The van der Waals surface area contributed by atoms with Crippen LogP contribution >= 0.6 is 0 Å². The molecule has 216 valence electrons. The van der Waals surface area contributed by atoms with E-state index < -0.39 is 0 Å². The molecule has 0 bridgehead atoms. The summed E-state index contributed by atoms with van der Waals surface area (Å²) in [5.74, 6) is 2.93. The lowest BCUT2D eigenvalue weighted by Crippen LogP contribution is -2.44. The summed E-state index contributed by atoms with van der Waals surface area (Å²) in [7, 11) is 1.72. The summed E-state index contributed by atoms with van der Waals surface area (Å²) in [6.07, 6.45) is 15.0. The Kier molecular flexibility index (Phi) is 10.2. The maximum absolute atomic E-state index is 10.0. The second-order valence-corrected chi connectivity index (χ2v) is 11.6. The number of aromatic hydroxyl groups is 1. The standard InChI is InChI=1S/C34H46N2O4/c1-39-32-14-15-33(29-9-8-28-23-30(38)11-10-27(28)22-29)34(24-32)36(18-20-37)25-26-6-12-31(13-7-26)40-21-19-35-16-4-2-3-5-17-35/h6-7,10-15,23-24,29,33-34,37-38H,2-5,8-9,16-22,25H2,1H3/t29-,33?,34?/m1/s1. The van der Waals surface area contributed by atoms with Gasteiger partial charge in [-0.25, -0.2) is 0 Å². The van der Waals surface area contributed by atoms with Gasteiger partial charge in [0.05, 0.1) is 13.7 Å². The Bertz CT molecular complexity index is 1140. The molecular formula is C34H46N2O4. The molecule has 0 radical (unpaired) electrons. The van der Waals surface area contributed by atoms with Crippen LogP contribution in [0.15, 0.2) is 66.5 Å². The zero-order chi connectivity index (χ0) is 27.7. The first-order chi connectivity index (χ1) is 19.6. The summed E-state index contributed by atoms with van der Waals surface area (Å²) in [6, 6.07) is 14.4. The van der Waals surface area contributed by atoms with Gasteiger partial charge in [0.1, 0.15) is 23.9 Å². The number of benzene rings is 2. The number of hydrogen-bond acceptors (Lipinski definition) is 6. The fourth-order valence-electron chi connectivity index (χ4n) is 6.71. The predicted molar refractivity (Wildman–Crippen MR) is 159 cm³/mol. The van der Waals surface area contributed by atoms with Gasteiger partial charge in [0.2, 0.25) is 0 Å². The number of ether oxygens (including phenoxy) is 2. The molecule has 1 saturated heterocycles. The molecule has 0 amide bonds. The Hall–Kier alpha value is -2.80. The molecule has 0 saturated carbocycles. The quantitative estimate of drug-likeness (QED) is 0.397. The molecule has 0 spiro atoms. The first kappa shape index (κ1) is 28.7. The number of allylic oxidation sites excluding steroid dienone is 1. The van der Waals surface area contributed by atoms with Crippen LogP contribution in [0.4, 0.5) is 0 Å². The Morgan fingerprint density at radius 1 is 1.00 bits per heavy atom. The van der Waals surface area contributed by atoms with Gasteiger partial charge in [0, 0.05) is 25.7 Å². The van der Waals surface area contributed by atoms with E-state index in [4.69, 9.17) is 9.47 Å². The Morgan fingerprint density at radius 2 is 1.80 bits per heavy atom. The molecule has 1 fully saturated rings. The van der Waals surface area contributed by atoms with E-state index in [2.05, 4.69) is 58.4 Å². The minimum atomic E-state index is 0.105. The first-order valence-corrected chi connectivity index (χ1v) is 15.2. The minimum absolute atomic E-state index is 0.105. The number of hydrogen-bond donors (Lipinski definition) is 2. The van der Waals surface area contributed by atoms with Gasteiger partial charge in [-0.3, -0.25) is 9.80 Å². The molecule has 2 aliphatic carbocycles. The molecule has 5 rings (SSSR count). The molecule has 6 heteroatoms. The van der Waals surface area contributed by atoms with Crippen LogP contribution in [0.3, 0.4) is 0 Å². The van der Waals surface area contributed by atoms with Crippen molar-refractivity contribution in [1.29, 1.82) is 0 Å². The zero-order valence-electron chi connectivity index (χ0n) is 24.0. The summed E-state index contributed by atoms with van der Waals surface area (Å²) in [5, 5.41) is 20.0. The number of nitrogens with zero attached hydrogens (tertiary/aromatic N) is 2. The normalized spacial score (nSPS) is 23.4. The van der Waals surface area contributed by atoms with Gasteiger partial charge in [0.25, 0.3) is 0 Å². The van der Waals surface area contributed by atoms with E-state index in [-0.39, 0.29) is 12.6 Å². The van der Waals surface area contributed by atoms with Crippen LogP contribution in [0.5, 0.6) is 11.5 Å². The van der Waals surface area contributed by atoms with Gasteiger partial charge in [-0.2, -0.15) is 0 Å². The van der Waals surface area contributed by atoms with Crippen LogP contribution < -0.4 is 4.74 Å². The monoisotopic (exact) mass is 546 g/mol. The molecule has 2 aromatic carbocycles. The van der Waals surface area contributed by atoms with E-state index in [1.807, 2.05) is 6.07 Å². The number of aliphatic hydroxyl groups excluding tert-OH is 1. The van der Waals surface area contributed by atoms with Gasteiger partial charge in [0.15, 0.2) is 0 Å². The fraction of sp³-hybridized carbons (Fsp3) is 0.529. The molecule has 2 aromatic rings. The number of fused-ring (bicyclic) bond motifs is 1. The van der Waals surface area contributed by atoms with Crippen molar-refractivity contribution < 1.29 is 19.7 Å². The minimum Gasteiger partial charge on any atom is -0.508 e. The number of aliphatic hydroxyl groups is 1. The second-order valence-electron chi connectivity index (χ2n) is 11.6. The summed E-state index contributed by atoms with van der Waals surface area (Å²) in [5.41, 5.74) is 3.81. The lowest BCUT2D eigenvalue weighted by molar-refractivity contribution is 0.115. The van der Waals surface area contributed by atoms with Crippen molar-refractivity contribution >= 4 is 0 Å². The summed E-state index contributed by atoms with van der Waals surface area (Å²) >= 11 is 0. The van der Waals surface area contributed by atoms with Crippen LogP contribution in [0.2, 0.25) is 0 Å². The van der Waals surface area contributed by atoms with Gasteiger partial charge in [-0.1, -0.05) is 37.1 Å². The van der Waals surface area contributed by atoms with E-state index in [1.165, 1.54) is 55.5 Å². The number of rotatable bonds is 11. The number of phenols is 1. The fourth-order valence-corrected chi connectivity index (χ4v) is 6.71. The number of likely N-dealkylation sites (tertiary alicyclic amines) is 1. The molecule has 2 N–H and O–H groups in total. The summed E-state index contributed by atoms with van der Waals surface area (Å²) in [4.78, 5) is 4.91. The first-order valence-electron chi connectivity index (χ1n) is 15.2. The topological polar surface area (TPSA) is 65.4 Å². The van der Waals surface area contributed by atoms with E-state index in [0.29, 0.717) is 24.1 Å². The molecule has 6 nitrogen and oxygen atoms in total.